The number of benzene rings is 3. The van der Waals surface area contributed by atoms with E-state index < -0.39 is 5.97 Å². The highest BCUT2D eigenvalue weighted by molar-refractivity contribution is 8.18. The number of ether oxygens (including phenoxy) is 3. The Morgan fingerprint density at radius 1 is 0.974 bits per heavy atom. The van der Waals surface area contributed by atoms with Crippen LogP contribution in [-0.2, 0) is 16.1 Å². The van der Waals surface area contributed by atoms with E-state index in [0.29, 0.717) is 54.4 Å². The number of para-hydroxylation sites is 1. The van der Waals surface area contributed by atoms with E-state index in [0.717, 1.165) is 17.3 Å². The highest BCUT2D eigenvalue weighted by Gasteiger charge is 2.33. The molecule has 4 rings (SSSR count). The summed E-state index contributed by atoms with van der Waals surface area (Å²) < 4.78 is 17.0. The van der Waals surface area contributed by atoms with Crippen LogP contribution >= 0.6 is 46.6 Å². The molecule has 202 valence electrons. The number of hydrogen-bond acceptors (Lipinski definition) is 7. The van der Waals surface area contributed by atoms with Crippen molar-refractivity contribution in [2.45, 2.75) is 20.5 Å². The van der Waals surface area contributed by atoms with E-state index in [1.165, 1.54) is 0 Å². The van der Waals surface area contributed by atoms with Crippen molar-refractivity contribution in [2.75, 3.05) is 13.2 Å². The minimum absolute atomic E-state index is 0.00729. The second-order valence-corrected chi connectivity index (χ2v) is 10.4. The normalized spacial score (nSPS) is 15.2. The van der Waals surface area contributed by atoms with E-state index in [4.69, 9.17) is 49.0 Å². The Labute approximate surface area is 245 Å². The van der Waals surface area contributed by atoms with E-state index in [-0.39, 0.29) is 24.5 Å². The first-order valence-corrected chi connectivity index (χ1v) is 13.9. The molecule has 0 aliphatic carbocycles. The van der Waals surface area contributed by atoms with Crippen LogP contribution in [0.4, 0.5) is 5.69 Å². The maximum Gasteiger partial charge on any atom is 0.344 e. The van der Waals surface area contributed by atoms with E-state index >= 15 is 0 Å². The van der Waals surface area contributed by atoms with Crippen molar-refractivity contribution in [1.29, 1.82) is 0 Å². The Hall–Kier alpha value is -3.10. The van der Waals surface area contributed by atoms with Crippen molar-refractivity contribution in [3.63, 3.8) is 0 Å². The molecule has 0 atom stereocenters. The van der Waals surface area contributed by atoms with Crippen molar-refractivity contribution in [1.82, 2.24) is 0 Å². The van der Waals surface area contributed by atoms with Gasteiger partial charge in [-0.2, -0.15) is 0 Å². The highest BCUT2D eigenvalue weighted by Crippen LogP contribution is 2.43. The largest absolute Gasteiger partial charge is 0.506 e. The van der Waals surface area contributed by atoms with Gasteiger partial charge >= 0.3 is 5.97 Å². The summed E-state index contributed by atoms with van der Waals surface area (Å²) in [5.41, 5.74) is 2.01. The van der Waals surface area contributed by atoms with Gasteiger partial charge in [-0.1, -0.05) is 70.8 Å². The average Bonchev–Trinajstić information content (AvgIpc) is 3.19. The van der Waals surface area contributed by atoms with E-state index in [1.807, 2.05) is 25.1 Å². The second kappa shape index (κ2) is 13.3. The number of carbonyl (C=O) groups is 1. The minimum Gasteiger partial charge on any atom is -0.506 e. The monoisotopic (exact) mass is 603 g/mol. The van der Waals surface area contributed by atoms with Crippen molar-refractivity contribution in [3.05, 3.63) is 103 Å². The van der Waals surface area contributed by atoms with E-state index in [9.17, 15) is 9.90 Å². The van der Waals surface area contributed by atoms with Crippen LogP contribution in [0, 0.1) is 0 Å². The molecule has 1 N–H and O–H groups in total. The maximum atomic E-state index is 12.7. The van der Waals surface area contributed by atoms with Crippen LogP contribution in [0.3, 0.4) is 0 Å². The summed E-state index contributed by atoms with van der Waals surface area (Å²) in [7, 11) is 0. The highest BCUT2D eigenvalue weighted by atomic mass is 35.5. The Morgan fingerprint density at radius 3 is 2.44 bits per heavy atom. The standard InChI is InChI=1S/C29H24Cl3NO5S/c1-3-36-23-13-17(12-22(32)27(23)38-16-18-10-11-19(30)15-21(18)31)14-24-26(34)25(29(35)37-4-2)28(39-24)33-20-8-6-5-7-9-20/h5-15,34H,3-4,16H2,1-2H3/b24-14-,33-28?. The predicted octanol–water partition coefficient (Wildman–Crippen LogP) is 8.82. The Balaban J connectivity index is 1.68. The third kappa shape index (κ3) is 7.11. The quantitative estimate of drug-likeness (QED) is 0.246. The van der Waals surface area contributed by atoms with Gasteiger partial charge in [0.25, 0.3) is 0 Å². The molecule has 0 aromatic heterocycles. The van der Waals surface area contributed by atoms with E-state index in [2.05, 4.69) is 4.99 Å². The third-order valence-corrected chi connectivity index (χ3v) is 7.26. The number of esters is 1. The lowest BCUT2D eigenvalue weighted by molar-refractivity contribution is -0.138. The van der Waals surface area contributed by atoms with Gasteiger partial charge < -0.3 is 19.3 Å². The summed E-state index contributed by atoms with van der Waals surface area (Å²) in [5, 5.41) is 12.6. The Kier molecular flexibility index (Phi) is 9.86. The zero-order valence-corrected chi connectivity index (χ0v) is 24.1. The first kappa shape index (κ1) is 28.9. The summed E-state index contributed by atoms with van der Waals surface area (Å²) in [4.78, 5) is 17.7. The van der Waals surface area contributed by atoms with Gasteiger partial charge in [-0.05, 0) is 61.9 Å². The summed E-state index contributed by atoms with van der Waals surface area (Å²) in [6.45, 7) is 4.23. The van der Waals surface area contributed by atoms with Gasteiger partial charge in [-0.15, -0.1) is 0 Å². The molecular weight excluding hydrogens is 581 g/mol. The zero-order chi connectivity index (χ0) is 27.9. The van der Waals surface area contributed by atoms with Gasteiger partial charge in [0, 0.05) is 15.6 Å². The third-order valence-electron chi connectivity index (χ3n) is 5.37. The number of carbonyl (C=O) groups excluding carboxylic acids is 1. The Morgan fingerprint density at radius 2 is 1.74 bits per heavy atom. The lowest BCUT2D eigenvalue weighted by Crippen LogP contribution is -2.12. The lowest BCUT2D eigenvalue weighted by atomic mass is 10.1. The molecule has 3 aromatic rings. The van der Waals surface area contributed by atoms with E-state index in [1.54, 1.807) is 55.5 Å². The molecule has 0 spiro atoms. The fourth-order valence-electron chi connectivity index (χ4n) is 3.63. The van der Waals surface area contributed by atoms with Gasteiger partial charge in [0.05, 0.1) is 28.8 Å². The van der Waals surface area contributed by atoms with Crippen LogP contribution in [0.25, 0.3) is 6.08 Å². The fourth-order valence-corrected chi connectivity index (χ4v) is 5.40. The molecule has 0 unspecified atom stereocenters. The molecular formula is C29H24Cl3NO5S. The summed E-state index contributed by atoms with van der Waals surface area (Å²) in [6.07, 6.45) is 1.70. The van der Waals surface area contributed by atoms with Gasteiger partial charge in [-0.3, -0.25) is 0 Å². The van der Waals surface area contributed by atoms with Gasteiger partial charge in [0.1, 0.15) is 23.0 Å². The van der Waals surface area contributed by atoms with Crippen molar-refractivity contribution in [2.24, 2.45) is 4.99 Å². The number of thioether (sulfide) groups is 1. The van der Waals surface area contributed by atoms with Crippen molar-refractivity contribution >= 4 is 69.3 Å². The molecule has 0 radical (unpaired) electrons. The minimum atomic E-state index is -0.654. The first-order valence-electron chi connectivity index (χ1n) is 12.0. The van der Waals surface area contributed by atoms with Gasteiger partial charge in [-0.25, -0.2) is 9.79 Å². The molecule has 0 bridgehead atoms. The van der Waals surface area contributed by atoms with Gasteiger partial charge in [0.15, 0.2) is 11.5 Å². The number of rotatable bonds is 9. The summed E-state index contributed by atoms with van der Waals surface area (Å²) in [6, 6.07) is 17.7. The molecule has 0 amide bonds. The van der Waals surface area contributed by atoms with Crippen LogP contribution in [0.15, 0.2) is 81.9 Å². The molecule has 39 heavy (non-hydrogen) atoms. The van der Waals surface area contributed by atoms with Crippen LogP contribution in [0.1, 0.15) is 25.0 Å². The molecule has 10 heteroatoms. The van der Waals surface area contributed by atoms with Crippen LogP contribution in [0.5, 0.6) is 11.5 Å². The number of hydrogen-bond donors (Lipinski definition) is 1. The second-order valence-electron chi connectivity index (χ2n) is 8.09. The van der Waals surface area contributed by atoms with Crippen molar-refractivity contribution < 1.29 is 24.1 Å². The smallest absolute Gasteiger partial charge is 0.344 e. The van der Waals surface area contributed by atoms with Crippen LogP contribution in [0.2, 0.25) is 15.1 Å². The molecule has 0 saturated heterocycles. The van der Waals surface area contributed by atoms with Crippen molar-refractivity contribution in [3.8, 4) is 11.5 Å². The molecule has 1 aliphatic rings. The Bertz CT molecular complexity index is 1470. The average molecular weight is 605 g/mol. The zero-order valence-electron chi connectivity index (χ0n) is 21.0. The number of halogens is 3. The fraction of sp³-hybridized carbons (Fsp3) is 0.172. The number of nitrogens with zero attached hydrogens (tertiary/aromatic N) is 1. The molecule has 0 fully saturated rings. The summed E-state index contributed by atoms with van der Waals surface area (Å²) >= 11 is 20.0. The molecule has 3 aromatic carbocycles. The van der Waals surface area contributed by atoms with Crippen LogP contribution < -0.4 is 9.47 Å². The van der Waals surface area contributed by atoms with Gasteiger partial charge in [0.2, 0.25) is 0 Å². The molecule has 6 nitrogen and oxygen atoms in total. The van der Waals surface area contributed by atoms with Crippen LogP contribution in [-0.4, -0.2) is 29.3 Å². The maximum absolute atomic E-state index is 12.7. The molecule has 1 aliphatic heterocycles. The lowest BCUT2D eigenvalue weighted by Gasteiger charge is -2.15. The molecule has 1 heterocycles. The SMILES string of the molecule is CCOC(=O)C1=C(O)/C(=C/c2cc(Cl)c(OCc3ccc(Cl)cc3Cl)c(OCC)c2)SC1=Nc1ccccc1. The first-order chi connectivity index (χ1) is 18.8. The summed E-state index contributed by atoms with van der Waals surface area (Å²) in [5.74, 6) is -0.112. The predicted molar refractivity (Wildman–Crippen MR) is 159 cm³/mol. The topological polar surface area (TPSA) is 77.4 Å². The number of aliphatic hydroxyl groups is 1. The number of aliphatic imine (C=N–C) groups is 1. The number of aliphatic hydroxyl groups excluding tert-OH is 1. The molecule has 0 saturated carbocycles.